The number of fused-ring (bicyclic) bond motifs is 1. The SMILES string of the molecule is OC1COCCN(C2CCN(c3ccc4c(c3)OCO4)CC2)C1. The van der Waals surface area contributed by atoms with Crippen LogP contribution in [0.2, 0.25) is 0 Å². The van der Waals surface area contributed by atoms with Crippen LogP contribution >= 0.6 is 0 Å². The van der Waals surface area contributed by atoms with Crippen molar-refractivity contribution in [3.05, 3.63) is 18.2 Å². The van der Waals surface area contributed by atoms with E-state index in [0.29, 0.717) is 19.4 Å². The fraction of sp³-hybridized carbons (Fsp3) is 0.647. The normalized spacial score (nSPS) is 26.3. The monoisotopic (exact) mass is 320 g/mol. The smallest absolute Gasteiger partial charge is 0.231 e. The fourth-order valence-corrected chi connectivity index (χ4v) is 3.72. The Kier molecular flexibility index (Phi) is 4.29. The molecular weight excluding hydrogens is 296 g/mol. The number of nitrogens with zero attached hydrogens (tertiary/aromatic N) is 2. The molecule has 126 valence electrons. The van der Waals surface area contributed by atoms with Crippen LogP contribution in [0.1, 0.15) is 12.8 Å². The predicted molar refractivity (Wildman–Crippen MR) is 86.2 cm³/mol. The summed E-state index contributed by atoms with van der Waals surface area (Å²) in [6, 6.07) is 6.71. The van der Waals surface area contributed by atoms with Gasteiger partial charge in [0.15, 0.2) is 11.5 Å². The van der Waals surface area contributed by atoms with Gasteiger partial charge in [-0.3, -0.25) is 4.90 Å². The maximum Gasteiger partial charge on any atom is 0.231 e. The number of piperidine rings is 1. The van der Waals surface area contributed by atoms with Crippen LogP contribution in [0.4, 0.5) is 5.69 Å². The van der Waals surface area contributed by atoms with Gasteiger partial charge in [0.2, 0.25) is 6.79 Å². The van der Waals surface area contributed by atoms with E-state index in [-0.39, 0.29) is 6.10 Å². The lowest BCUT2D eigenvalue weighted by molar-refractivity contribution is 0.0534. The van der Waals surface area contributed by atoms with Gasteiger partial charge in [-0.25, -0.2) is 0 Å². The summed E-state index contributed by atoms with van der Waals surface area (Å²) in [5.74, 6) is 1.68. The molecule has 1 aromatic carbocycles. The number of rotatable bonds is 2. The van der Waals surface area contributed by atoms with Gasteiger partial charge in [-0.05, 0) is 25.0 Å². The van der Waals surface area contributed by atoms with Crippen LogP contribution in [0.15, 0.2) is 18.2 Å². The number of aliphatic hydroxyl groups is 1. The molecule has 3 heterocycles. The molecule has 2 saturated heterocycles. The molecule has 0 spiro atoms. The van der Waals surface area contributed by atoms with Gasteiger partial charge in [-0.15, -0.1) is 0 Å². The second-order valence-electron chi connectivity index (χ2n) is 6.48. The zero-order valence-corrected chi connectivity index (χ0v) is 13.3. The van der Waals surface area contributed by atoms with Gasteiger partial charge >= 0.3 is 0 Å². The third-order valence-corrected chi connectivity index (χ3v) is 4.98. The first kappa shape index (κ1) is 15.1. The topological polar surface area (TPSA) is 54.4 Å². The van der Waals surface area contributed by atoms with Gasteiger partial charge in [0.05, 0.1) is 19.3 Å². The third kappa shape index (κ3) is 3.24. The molecule has 1 N–H and O–H groups in total. The predicted octanol–water partition coefficient (Wildman–Crippen LogP) is 1.08. The summed E-state index contributed by atoms with van der Waals surface area (Å²) in [6.07, 6.45) is 1.87. The van der Waals surface area contributed by atoms with E-state index in [9.17, 15) is 5.11 Å². The molecule has 4 rings (SSSR count). The Labute approximate surface area is 136 Å². The molecule has 0 amide bonds. The minimum Gasteiger partial charge on any atom is -0.454 e. The van der Waals surface area contributed by atoms with Gasteiger partial charge in [0.25, 0.3) is 0 Å². The van der Waals surface area contributed by atoms with Crippen molar-refractivity contribution in [1.82, 2.24) is 4.90 Å². The number of hydrogen-bond acceptors (Lipinski definition) is 6. The number of benzene rings is 1. The van der Waals surface area contributed by atoms with E-state index in [1.54, 1.807) is 0 Å². The first-order chi connectivity index (χ1) is 11.3. The average Bonchev–Trinajstić information content (AvgIpc) is 2.95. The molecule has 0 aromatic heterocycles. The van der Waals surface area contributed by atoms with Crippen LogP contribution in [0.25, 0.3) is 0 Å². The molecule has 6 heteroatoms. The summed E-state index contributed by atoms with van der Waals surface area (Å²) in [5, 5.41) is 9.91. The van der Waals surface area contributed by atoms with Crippen LogP contribution in [-0.4, -0.2) is 68.3 Å². The first-order valence-corrected chi connectivity index (χ1v) is 8.44. The standard InChI is InChI=1S/C17H24N2O4/c20-15-10-19(7-8-21-11-15)13-3-5-18(6-4-13)14-1-2-16-17(9-14)23-12-22-16/h1-2,9,13,15,20H,3-8,10-12H2. The first-order valence-electron chi connectivity index (χ1n) is 8.44. The highest BCUT2D eigenvalue weighted by atomic mass is 16.7. The largest absolute Gasteiger partial charge is 0.454 e. The summed E-state index contributed by atoms with van der Waals surface area (Å²) in [4.78, 5) is 4.80. The molecule has 1 unspecified atom stereocenters. The van der Waals surface area contributed by atoms with Gasteiger partial charge < -0.3 is 24.2 Å². The molecule has 0 saturated carbocycles. The lowest BCUT2D eigenvalue weighted by Crippen LogP contribution is -2.47. The van der Waals surface area contributed by atoms with Gasteiger partial charge in [0, 0.05) is 44.0 Å². The minimum absolute atomic E-state index is 0.320. The van der Waals surface area contributed by atoms with Crippen molar-refractivity contribution < 1.29 is 19.3 Å². The summed E-state index contributed by atoms with van der Waals surface area (Å²) in [6.45, 7) is 5.21. The average molecular weight is 320 g/mol. The van der Waals surface area contributed by atoms with Crippen molar-refractivity contribution in [2.24, 2.45) is 0 Å². The van der Waals surface area contributed by atoms with E-state index in [0.717, 1.165) is 57.1 Å². The van der Waals surface area contributed by atoms with E-state index >= 15 is 0 Å². The zero-order chi connectivity index (χ0) is 15.6. The number of β-amino-alcohol motifs (C(OH)–C–C–N with tert-alkyl or cyclic N) is 1. The molecule has 0 radical (unpaired) electrons. The summed E-state index contributed by atoms with van der Waals surface area (Å²) in [5.41, 5.74) is 1.20. The van der Waals surface area contributed by atoms with Gasteiger partial charge in [-0.2, -0.15) is 0 Å². The Bertz CT molecular complexity index is 545. The maximum atomic E-state index is 9.91. The molecule has 23 heavy (non-hydrogen) atoms. The second-order valence-corrected chi connectivity index (χ2v) is 6.48. The van der Waals surface area contributed by atoms with Crippen molar-refractivity contribution in [2.45, 2.75) is 25.0 Å². The lowest BCUT2D eigenvalue weighted by atomic mass is 10.0. The highest BCUT2D eigenvalue weighted by Crippen LogP contribution is 2.36. The second kappa shape index (κ2) is 6.55. The summed E-state index contributed by atoms with van der Waals surface area (Å²) >= 11 is 0. The van der Waals surface area contributed by atoms with Crippen LogP contribution in [0.3, 0.4) is 0 Å². The molecule has 6 nitrogen and oxygen atoms in total. The van der Waals surface area contributed by atoms with Crippen LogP contribution in [0, 0.1) is 0 Å². The molecular formula is C17H24N2O4. The lowest BCUT2D eigenvalue weighted by Gasteiger charge is -2.39. The van der Waals surface area contributed by atoms with E-state index in [1.807, 2.05) is 6.07 Å². The minimum atomic E-state index is -0.357. The Morgan fingerprint density at radius 1 is 1.04 bits per heavy atom. The van der Waals surface area contributed by atoms with Crippen molar-refractivity contribution in [3.63, 3.8) is 0 Å². The summed E-state index contributed by atoms with van der Waals surface area (Å²) < 4.78 is 16.3. The van der Waals surface area contributed by atoms with Gasteiger partial charge in [-0.1, -0.05) is 0 Å². The van der Waals surface area contributed by atoms with Crippen molar-refractivity contribution in [2.75, 3.05) is 51.1 Å². The van der Waals surface area contributed by atoms with E-state index < -0.39 is 0 Å². The molecule has 1 atom stereocenters. The zero-order valence-electron chi connectivity index (χ0n) is 13.3. The quantitative estimate of drug-likeness (QED) is 0.880. The molecule has 2 fully saturated rings. The number of anilines is 1. The highest BCUT2D eigenvalue weighted by Gasteiger charge is 2.28. The van der Waals surface area contributed by atoms with Crippen molar-refractivity contribution >= 4 is 5.69 Å². The highest BCUT2D eigenvalue weighted by molar-refractivity contribution is 5.57. The number of ether oxygens (including phenoxy) is 3. The maximum absolute atomic E-state index is 9.91. The van der Waals surface area contributed by atoms with Crippen LogP contribution in [-0.2, 0) is 4.74 Å². The van der Waals surface area contributed by atoms with Gasteiger partial charge in [0.1, 0.15) is 0 Å². The van der Waals surface area contributed by atoms with E-state index in [2.05, 4.69) is 21.9 Å². The Balaban J connectivity index is 1.37. The molecule has 0 aliphatic carbocycles. The molecule has 0 bridgehead atoms. The fourth-order valence-electron chi connectivity index (χ4n) is 3.72. The summed E-state index contributed by atoms with van der Waals surface area (Å²) in [7, 11) is 0. The number of aliphatic hydroxyl groups excluding tert-OH is 1. The van der Waals surface area contributed by atoms with Crippen LogP contribution in [0.5, 0.6) is 11.5 Å². The molecule has 3 aliphatic rings. The third-order valence-electron chi connectivity index (χ3n) is 4.98. The van der Waals surface area contributed by atoms with Crippen molar-refractivity contribution in [1.29, 1.82) is 0 Å². The Morgan fingerprint density at radius 3 is 2.74 bits per heavy atom. The van der Waals surface area contributed by atoms with Crippen LogP contribution < -0.4 is 14.4 Å². The molecule has 1 aromatic rings. The number of hydrogen-bond donors (Lipinski definition) is 1. The Hall–Kier alpha value is -1.50. The van der Waals surface area contributed by atoms with Crippen molar-refractivity contribution in [3.8, 4) is 11.5 Å². The van der Waals surface area contributed by atoms with E-state index in [4.69, 9.17) is 14.2 Å². The Morgan fingerprint density at radius 2 is 1.87 bits per heavy atom. The van der Waals surface area contributed by atoms with E-state index in [1.165, 1.54) is 5.69 Å². The molecule has 3 aliphatic heterocycles.